The van der Waals surface area contributed by atoms with E-state index in [1.54, 1.807) is 0 Å². The predicted octanol–water partition coefficient (Wildman–Crippen LogP) is 6.11. The summed E-state index contributed by atoms with van der Waals surface area (Å²) in [4.78, 5) is 0. The number of hydrogen-bond acceptors (Lipinski definition) is 4. The average Bonchev–Trinajstić information content (AvgIpc) is 2.24. The van der Waals surface area contributed by atoms with Gasteiger partial charge in [-0.15, -0.1) is 0 Å². The summed E-state index contributed by atoms with van der Waals surface area (Å²) in [7, 11) is -6.28. The minimum absolute atomic E-state index is 0.229. The Hall–Kier alpha value is 2.03. The first-order chi connectivity index (χ1) is 12.7. The normalized spacial score (nSPS) is 20.8. The van der Waals surface area contributed by atoms with Crippen LogP contribution in [0.15, 0.2) is 0 Å². The second-order valence-corrected chi connectivity index (χ2v) is 54.7. The van der Waals surface area contributed by atoms with E-state index in [0.717, 1.165) is 0 Å². The maximum atomic E-state index is 3.35. The fraction of sp³-hybridized carbons (Fsp3) is 1.00. The van der Waals surface area contributed by atoms with Crippen LogP contribution in [0.2, 0.25) is 78.6 Å². The van der Waals surface area contributed by atoms with Gasteiger partial charge < -0.3 is 0 Å². The molecule has 0 amide bonds. The van der Waals surface area contributed by atoms with Crippen molar-refractivity contribution in [1.29, 1.82) is 0 Å². The standard InChI is InChI=1S/C8H18N2Se.2C6H18NSi2.Sn/c1-7(2,3)9-11-10-8(4,5)6;2*1-8(2,3)7-9(4,5)6;/h1-6H3;2*1-6H3;/q-2;2*-1;+4. The maximum absolute atomic E-state index is 3.38. The quantitative estimate of drug-likeness (QED) is 0.319. The zero-order valence-corrected chi connectivity index (χ0v) is 32.3. The van der Waals surface area contributed by atoms with E-state index in [9.17, 15) is 0 Å². The Morgan fingerprint density at radius 3 is 0.833 bits per heavy atom. The van der Waals surface area contributed by atoms with Crippen molar-refractivity contribution >= 4 is 67.8 Å². The van der Waals surface area contributed by atoms with Crippen LogP contribution in [-0.4, -0.2) is 88.1 Å². The SMILES string of the molecule is CC(C)(C)[N]1[Se][N](C(C)(C)C)[Sn]1([N]([Si](C)(C)C)[Si](C)(C)C)[N]([Si](C)(C)C)[Si](C)(C)C. The molecule has 0 N–H and O–H groups in total. The monoisotopic (exact) mass is 662 g/mol. The first kappa shape index (κ1) is 30.1. The van der Waals surface area contributed by atoms with E-state index in [2.05, 4.69) is 129 Å². The van der Waals surface area contributed by atoms with Crippen molar-refractivity contribution in [2.45, 2.75) is 131 Å². The fourth-order valence-corrected chi connectivity index (χ4v) is 95.9. The van der Waals surface area contributed by atoms with Gasteiger partial charge in [0.2, 0.25) is 0 Å². The number of rotatable bonds is 6. The van der Waals surface area contributed by atoms with E-state index in [4.69, 9.17) is 0 Å². The molecule has 180 valence electrons. The van der Waals surface area contributed by atoms with Crippen LogP contribution in [0, 0.1) is 0 Å². The predicted molar refractivity (Wildman–Crippen MR) is 152 cm³/mol. The van der Waals surface area contributed by atoms with Crippen LogP contribution in [0.3, 0.4) is 0 Å². The van der Waals surface area contributed by atoms with Gasteiger partial charge >= 0.3 is 208 Å². The van der Waals surface area contributed by atoms with Crippen LogP contribution in [0.5, 0.6) is 0 Å². The summed E-state index contributed by atoms with van der Waals surface area (Å²) in [5, 5.41) is 0. The molecule has 1 fully saturated rings. The van der Waals surface area contributed by atoms with Crippen LogP contribution >= 0.6 is 0 Å². The van der Waals surface area contributed by atoms with Crippen molar-refractivity contribution in [3.05, 3.63) is 0 Å². The Balaban J connectivity index is 4.23. The van der Waals surface area contributed by atoms with Crippen molar-refractivity contribution in [2.75, 3.05) is 0 Å². The summed E-state index contributed by atoms with van der Waals surface area (Å²) in [6.45, 7) is 46.7. The summed E-state index contributed by atoms with van der Waals surface area (Å²) in [5.74, 6) is 0. The van der Waals surface area contributed by atoms with E-state index in [-0.39, 0.29) is 11.1 Å². The molecular formula is C20H54N4SeSi4Sn. The van der Waals surface area contributed by atoms with Crippen molar-refractivity contribution in [3.8, 4) is 0 Å². The molecule has 0 bridgehead atoms. The molecule has 0 radical (unpaired) electrons. The Kier molecular flexibility index (Phi) is 8.62. The Labute approximate surface area is 206 Å². The fourth-order valence-electron chi connectivity index (χ4n) is 5.66. The molecule has 4 nitrogen and oxygen atoms in total. The van der Waals surface area contributed by atoms with Crippen LogP contribution in [0.1, 0.15) is 41.5 Å². The van der Waals surface area contributed by atoms with Gasteiger partial charge in [0, 0.05) is 0 Å². The van der Waals surface area contributed by atoms with Crippen LogP contribution in [0.25, 0.3) is 0 Å². The molecule has 1 heterocycles. The molecule has 1 aliphatic rings. The van der Waals surface area contributed by atoms with E-state index in [0.29, 0.717) is 15.4 Å². The summed E-state index contributed by atoms with van der Waals surface area (Å²) in [6.07, 6.45) is 0. The first-order valence-electron chi connectivity index (χ1n) is 11.6. The van der Waals surface area contributed by atoms with Crippen molar-refractivity contribution in [1.82, 2.24) is 9.18 Å². The molecule has 0 aromatic heterocycles. The van der Waals surface area contributed by atoms with Crippen molar-refractivity contribution in [3.63, 3.8) is 0 Å². The average molecular weight is 661 g/mol. The van der Waals surface area contributed by atoms with Gasteiger partial charge in [0.25, 0.3) is 0 Å². The van der Waals surface area contributed by atoms with Gasteiger partial charge in [-0.05, 0) is 0 Å². The number of hydrogen-bond donors (Lipinski definition) is 0. The van der Waals surface area contributed by atoms with Gasteiger partial charge in [0.1, 0.15) is 0 Å². The molecule has 0 unspecified atom stereocenters. The van der Waals surface area contributed by atoms with Crippen molar-refractivity contribution < 1.29 is 0 Å². The van der Waals surface area contributed by atoms with E-state index >= 15 is 0 Å². The minimum atomic E-state index is -3.38. The summed E-state index contributed by atoms with van der Waals surface area (Å²) in [6, 6.07) is 0. The van der Waals surface area contributed by atoms with Gasteiger partial charge in [-0.1, -0.05) is 0 Å². The Morgan fingerprint density at radius 2 is 0.700 bits per heavy atom. The molecule has 1 aliphatic heterocycles. The molecule has 0 atom stereocenters. The van der Waals surface area contributed by atoms with Crippen LogP contribution in [0.4, 0.5) is 0 Å². The van der Waals surface area contributed by atoms with Crippen LogP contribution < -0.4 is 0 Å². The molecule has 10 heteroatoms. The molecule has 1 rings (SSSR count). The third-order valence-corrected chi connectivity index (χ3v) is 72.3. The second kappa shape index (κ2) is 8.60. The van der Waals surface area contributed by atoms with Gasteiger partial charge in [-0.2, -0.15) is 0 Å². The van der Waals surface area contributed by atoms with E-state index < -0.39 is 52.4 Å². The molecule has 0 saturated carbocycles. The van der Waals surface area contributed by atoms with Gasteiger partial charge in [0.15, 0.2) is 0 Å². The second-order valence-electron chi connectivity index (χ2n) is 15.0. The molecule has 30 heavy (non-hydrogen) atoms. The first-order valence-corrected chi connectivity index (χ1v) is 32.0. The zero-order chi connectivity index (χ0) is 24.5. The van der Waals surface area contributed by atoms with Gasteiger partial charge in [0.05, 0.1) is 0 Å². The molecule has 0 aliphatic carbocycles. The Morgan fingerprint density at radius 1 is 0.500 bits per heavy atom. The van der Waals surface area contributed by atoms with E-state index in [1.807, 2.05) is 0 Å². The van der Waals surface area contributed by atoms with Gasteiger partial charge in [-0.25, -0.2) is 0 Å². The summed E-state index contributed by atoms with van der Waals surface area (Å²) < 4.78 is 13.0. The van der Waals surface area contributed by atoms with Crippen molar-refractivity contribution in [2.24, 2.45) is 0 Å². The van der Waals surface area contributed by atoms with Crippen LogP contribution in [-0.2, 0) is 0 Å². The molecule has 0 aromatic carbocycles. The Bertz CT molecular complexity index is 540. The summed E-state index contributed by atoms with van der Waals surface area (Å²) in [5.41, 5.74) is 0.458. The number of nitrogens with zero attached hydrogens (tertiary/aromatic N) is 4. The molecule has 1 saturated heterocycles. The third-order valence-electron chi connectivity index (χ3n) is 5.21. The topological polar surface area (TPSA) is 13.0 Å². The zero-order valence-electron chi connectivity index (χ0n) is 23.7. The van der Waals surface area contributed by atoms with Gasteiger partial charge in [-0.3, -0.25) is 0 Å². The van der Waals surface area contributed by atoms with E-state index in [1.165, 1.54) is 0 Å². The summed E-state index contributed by atoms with van der Waals surface area (Å²) >= 11 is -2.94. The molecule has 0 spiro atoms. The molecular weight excluding hydrogens is 606 g/mol. The molecule has 0 aromatic rings. The third kappa shape index (κ3) is 5.80.